The summed E-state index contributed by atoms with van der Waals surface area (Å²) in [5, 5.41) is 26.2. The highest BCUT2D eigenvalue weighted by Crippen LogP contribution is 2.46. The van der Waals surface area contributed by atoms with Crippen LogP contribution >= 0.6 is 11.6 Å². The maximum Gasteiger partial charge on any atom is 0.335 e. The van der Waals surface area contributed by atoms with Crippen molar-refractivity contribution in [2.24, 2.45) is 22.9 Å². The van der Waals surface area contributed by atoms with E-state index in [1.807, 2.05) is 19.1 Å². The molecule has 2 aliphatic carbocycles. The van der Waals surface area contributed by atoms with Gasteiger partial charge in [-0.1, -0.05) is 36.7 Å². The van der Waals surface area contributed by atoms with Crippen molar-refractivity contribution in [3.05, 3.63) is 70.3 Å². The van der Waals surface area contributed by atoms with Crippen molar-refractivity contribution in [3.8, 4) is 5.75 Å². The Labute approximate surface area is 253 Å². The molecule has 0 unspecified atom stereocenters. The predicted octanol–water partition coefficient (Wildman–Crippen LogP) is 5.16. The summed E-state index contributed by atoms with van der Waals surface area (Å²) in [6.45, 7) is 5.28. The van der Waals surface area contributed by atoms with Crippen LogP contribution in [0.2, 0.25) is 5.02 Å². The molecular formula is C32H41ClN2O6S. The van der Waals surface area contributed by atoms with E-state index in [9.17, 15) is 23.4 Å². The van der Waals surface area contributed by atoms with Crippen molar-refractivity contribution in [2.45, 2.75) is 69.1 Å². The summed E-state index contributed by atoms with van der Waals surface area (Å²) >= 11 is 6.36. The van der Waals surface area contributed by atoms with Crippen LogP contribution in [0.3, 0.4) is 0 Å². The minimum absolute atomic E-state index is 0.0518. The number of halogens is 1. The molecule has 4 N–H and O–H groups in total. The SMILES string of the molecule is C[C@H]([C@@H](C)CC=C[C@H](O)[C@@H]1CC[C@H]1CN1C[C@@]2(CCCc3cc(Cl)ccc32)COc2ccc(C(=O)O)cc21)S(N)(=O)=O. The lowest BCUT2D eigenvalue weighted by molar-refractivity contribution is 0.0456. The maximum atomic E-state index is 11.9. The Bertz CT molecular complexity index is 1460. The molecule has 1 fully saturated rings. The number of carboxylic acid groups (broad SMARTS) is 1. The van der Waals surface area contributed by atoms with Gasteiger partial charge in [0.15, 0.2) is 0 Å². The summed E-state index contributed by atoms with van der Waals surface area (Å²) < 4.78 is 29.8. The number of aryl methyl sites for hydroxylation is 1. The van der Waals surface area contributed by atoms with Crippen molar-refractivity contribution < 1.29 is 28.2 Å². The first-order valence-electron chi connectivity index (χ1n) is 14.8. The Morgan fingerprint density at radius 2 is 2.02 bits per heavy atom. The minimum Gasteiger partial charge on any atom is -0.490 e. The first-order valence-corrected chi connectivity index (χ1v) is 16.8. The minimum atomic E-state index is -3.61. The number of aliphatic hydroxyl groups is 1. The lowest BCUT2D eigenvalue weighted by Gasteiger charge is -2.45. The van der Waals surface area contributed by atoms with Crippen LogP contribution in [0.15, 0.2) is 48.6 Å². The number of primary sulfonamides is 1. The van der Waals surface area contributed by atoms with E-state index in [1.54, 1.807) is 31.2 Å². The van der Waals surface area contributed by atoms with E-state index in [4.69, 9.17) is 21.5 Å². The number of hydrogen-bond acceptors (Lipinski definition) is 6. The van der Waals surface area contributed by atoms with Crippen LogP contribution < -0.4 is 14.8 Å². The number of allylic oxidation sites excluding steroid dienone is 1. The molecule has 0 saturated heterocycles. The lowest BCUT2D eigenvalue weighted by atomic mass is 9.68. The number of carboxylic acids is 1. The Morgan fingerprint density at radius 3 is 2.71 bits per heavy atom. The molecule has 0 radical (unpaired) electrons. The summed E-state index contributed by atoms with van der Waals surface area (Å²) in [7, 11) is -3.61. The van der Waals surface area contributed by atoms with Crippen LogP contribution in [-0.4, -0.2) is 55.7 Å². The summed E-state index contributed by atoms with van der Waals surface area (Å²) in [6.07, 6.45) is 8.27. The number of fused-ring (bicyclic) bond motifs is 3. The van der Waals surface area contributed by atoms with Crippen LogP contribution in [0, 0.1) is 17.8 Å². The summed E-state index contributed by atoms with van der Waals surface area (Å²) in [6, 6.07) is 11.2. The Morgan fingerprint density at radius 1 is 1.24 bits per heavy atom. The smallest absolute Gasteiger partial charge is 0.335 e. The van der Waals surface area contributed by atoms with Crippen molar-refractivity contribution >= 4 is 33.3 Å². The molecule has 1 heterocycles. The highest BCUT2D eigenvalue weighted by atomic mass is 35.5. The lowest BCUT2D eigenvalue weighted by Crippen LogP contribution is -2.49. The molecule has 5 rings (SSSR count). The van der Waals surface area contributed by atoms with Gasteiger partial charge in [-0.05, 0) is 105 Å². The second kappa shape index (κ2) is 12.2. The second-order valence-electron chi connectivity index (χ2n) is 12.5. The number of nitrogens with zero attached hydrogens (tertiary/aromatic N) is 1. The monoisotopic (exact) mass is 616 g/mol. The molecule has 8 nitrogen and oxygen atoms in total. The normalized spacial score (nSPS) is 26.0. The van der Waals surface area contributed by atoms with Gasteiger partial charge in [0.1, 0.15) is 5.75 Å². The zero-order chi connectivity index (χ0) is 30.2. The molecule has 1 spiro atoms. The molecule has 1 saturated carbocycles. The van der Waals surface area contributed by atoms with Gasteiger partial charge in [0.25, 0.3) is 0 Å². The first-order chi connectivity index (χ1) is 19.9. The van der Waals surface area contributed by atoms with Gasteiger partial charge in [-0.15, -0.1) is 0 Å². The quantitative estimate of drug-likeness (QED) is 0.332. The highest BCUT2D eigenvalue weighted by Gasteiger charge is 2.44. The molecule has 0 bridgehead atoms. The number of carbonyl (C=O) groups is 1. The average molecular weight is 617 g/mol. The molecule has 6 atom stereocenters. The van der Waals surface area contributed by atoms with Gasteiger partial charge >= 0.3 is 5.97 Å². The van der Waals surface area contributed by atoms with Gasteiger partial charge in [-0.2, -0.15) is 0 Å². The first kappa shape index (κ1) is 30.9. The van der Waals surface area contributed by atoms with Crippen molar-refractivity contribution in [1.82, 2.24) is 0 Å². The third kappa shape index (κ3) is 6.34. The van der Waals surface area contributed by atoms with Gasteiger partial charge in [0.2, 0.25) is 10.0 Å². The summed E-state index contributed by atoms with van der Waals surface area (Å²) in [5.41, 5.74) is 3.20. The molecule has 1 aliphatic heterocycles. The van der Waals surface area contributed by atoms with E-state index in [0.29, 0.717) is 31.9 Å². The number of aromatic carboxylic acids is 1. The van der Waals surface area contributed by atoms with E-state index < -0.39 is 27.3 Å². The molecule has 3 aliphatic rings. The molecule has 2 aromatic carbocycles. The number of rotatable bonds is 9. The molecular weight excluding hydrogens is 576 g/mol. The summed E-state index contributed by atoms with van der Waals surface area (Å²) in [5.74, 6) is -0.220. The van der Waals surface area contributed by atoms with Crippen molar-refractivity contribution in [1.29, 1.82) is 0 Å². The number of anilines is 1. The average Bonchev–Trinajstić information content (AvgIpc) is 3.07. The Kier molecular flexibility index (Phi) is 8.95. The fraction of sp³-hybridized carbons (Fsp3) is 0.531. The molecule has 42 heavy (non-hydrogen) atoms. The van der Waals surface area contributed by atoms with Gasteiger partial charge < -0.3 is 19.8 Å². The van der Waals surface area contributed by atoms with E-state index in [0.717, 1.165) is 42.8 Å². The fourth-order valence-corrected chi connectivity index (χ4v) is 7.85. The predicted molar refractivity (Wildman–Crippen MR) is 165 cm³/mol. The number of nitrogens with two attached hydrogens (primary N) is 1. The van der Waals surface area contributed by atoms with Gasteiger partial charge in [0.05, 0.1) is 29.2 Å². The number of ether oxygens (including phenoxy) is 1. The third-order valence-corrected chi connectivity index (χ3v) is 11.6. The molecule has 0 aromatic heterocycles. The standard InChI is InChI=1S/C32H41ClN2O6S/c1-20(21(2)42(34,39)40)5-3-7-29(36)26-11-8-24(26)17-35-18-32(14-4-6-22-15-25(33)10-12-27(22)32)19-41-30-13-9-23(31(37)38)16-28(30)35/h3,7,9-10,12-13,15-16,20-21,24,26,29,36H,4-6,8,11,14,17-19H2,1-2H3,(H,37,38)(H2,34,39,40)/t20-,21+,24-,26+,29-,32-/m0/s1. The van der Waals surface area contributed by atoms with Crippen LogP contribution in [-0.2, 0) is 21.9 Å². The van der Waals surface area contributed by atoms with Crippen LogP contribution in [0.4, 0.5) is 5.69 Å². The zero-order valence-corrected chi connectivity index (χ0v) is 25.8. The topological polar surface area (TPSA) is 130 Å². The van der Waals surface area contributed by atoms with E-state index >= 15 is 0 Å². The fourth-order valence-electron chi connectivity index (χ4n) is 6.89. The number of sulfonamides is 1. The molecule has 0 amide bonds. The number of aliphatic hydroxyl groups excluding tert-OH is 1. The third-order valence-electron chi connectivity index (χ3n) is 9.81. The van der Waals surface area contributed by atoms with Crippen molar-refractivity contribution in [3.63, 3.8) is 0 Å². The second-order valence-corrected chi connectivity index (χ2v) is 14.9. The Balaban J connectivity index is 1.38. The zero-order valence-electron chi connectivity index (χ0n) is 24.2. The highest BCUT2D eigenvalue weighted by molar-refractivity contribution is 7.89. The van der Waals surface area contributed by atoms with Crippen LogP contribution in [0.1, 0.15) is 67.4 Å². The van der Waals surface area contributed by atoms with E-state index in [-0.39, 0.29) is 28.7 Å². The molecule has 228 valence electrons. The number of hydrogen-bond donors (Lipinski definition) is 3. The molecule has 10 heteroatoms. The van der Waals surface area contributed by atoms with Gasteiger partial charge in [-0.3, -0.25) is 0 Å². The van der Waals surface area contributed by atoms with Crippen molar-refractivity contribution in [2.75, 3.05) is 24.6 Å². The van der Waals surface area contributed by atoms with Gasteiger partial charge in [-0.25, -0.2) is 18.4 Å². The van der Waals surface area contributed by atoms with Crippen LogP contribution in [0.25, 0.3) is 0 Å². The molecule has 2 aromatic rings. The van der Waals surface area contributed by atoms with E-state index in [1.165, 1.54) is 11.1 Å². The van der Waals surface area contributed by atoms with Gasteiger partial charge in [0, 0.05) is 23.5 Å². The Hall–Kier alpha value is -2.59. The maximum absolute atomic E-state index is 11.9. The number of benzene rings is 2. The largest absolute Gasteiger partial charge is 0.490 e. The van der Waals surface area contributed by atoms with Crippen LogP contribution in [0.5, 0.6) is 5.75 Å². The summed E-state index contributed by atoms with van der Waals surface area (Å²) in [4.78, 5) is 14.2. The van der Waals surface area contributed by atoms with E-state index in [2.05, 4.69) is 17.0 Å².